The number of carbonyl (C=O) groups is 1. The van der Waals surface area contributed by atoms with Gasteiger partial charge in [0, 0.05) is 11.3 Å². The number of para-hydroxylation sites is 1. The molecule has 0 aliphatic carbocycles. The lowest BCUT2D eigenvalue weighted by Crippen LogP contribution is -2.32. The second-order valence-corrected chi connectivity index (χ2v) is 6.03. The molecule has 0 spiro atoms. The van der Waals surface area contributed by atoms with E-state index in [1.165, 1.54) is 4.90 Å². The maximum atomic E-state index is 14.0. The Bertz CT molecular complexity index is 964. The van der Waals surface area contributed by atoms with Crippen LogP contribution in [0.5, 0.6) is 0 Å². The lowest BCUT2D eigenvalue weighted by Gasteiger charge is -2.23. The Kier molecular flexibility index (Phi) is 5.73. The summed E-state index contributed by atoms with van der Waals surface area (Å²) in [6.07, 6.45) is -0.979. The van der Waals surface area contributed by atoms with Crippen LogP contribution >= 0.6 is 0 Å². The number of carbonyl (C=O) groups excluding carboxylic acids is 1. The molecule has 0 heterocycles. The quantitative estimate of drug-likeness (QED) is 0.334. The zero-order chi connectivity index (χ0) is 20.3. The summed E-state index contributed by atoms with van der Waals surface area (Å²) in [6.45, 7) is 0.0685. The van der Waals surface area contributed by atoms with E-state index in [0.29, 0.717) is 5.69 Å². The minimum atomic E-state index is -2.25. The molecule has 0 bridgehead atoms. The standard InChI is InChI=1S/C21H14F5NO/c22-17-15(18(23)20(25)21(26)19(17)24)11-16(28)27(14-9-5-2-6-10-14)12-13-7-3-1-4-8-13/h1-10H,11-12H2. The Hall–Kier alpha value is -3.22. The third kappa shape index (κ3) is 3.88. The van der Waals surface area contributed by atoms with E-state index in [0.717, 1.165) is 5.56 Å². The molecule has 0 aliphatic rings. The van der Waals surface area contributed by atoms with Gasteiger partial charge in [0.1, 0.15) is 0 Å². The van der Waals surface area contributed by atoms with E-state index in [1.807, 2.05) is 0 Å². The van der Waals surface area contributed by atoms with Gasteiger partial charge in [-0.1, -0.05) is 48.5 Å². The average Bonchev–Trinajstić information content (AvgIpc) is 2.73. The number of benzene rings is 3. The zero-order valence-corrected chi connectivity index (χ0v) is 14.4. The smallest absolute Gasteiger partial charge is 0.231 e. The van der Waals surface area contributed by atoms with Gasteiger partial charge in [-0.2, -0.15) is 0 Å². The molecule has 0 atom stereocenters. The molecule has 0 radical (unpaired) electrons. The molecule has 0 unspecified atom stereocenters. The van der Waals surface area contributed by atoms with Crippen LogP contribution in [-0.2, 0) is 17.8 Å². The summed E-state index contributed by atoms with van der Waals surface area (Å²) in [4.78, 5) is 14.0. The summed E-state index contributed by atoms with van der Waals surface area (Å²) in [6, 6.07) is 17.1. The molecule has 0 N–H and O–H groups in total. The van der Waals surface area contributed by atoms with Crippen molar-refractivity contribution >= 4 is 11.6 Å². The summed E-state index contributed by atoms with van der Waals surface area (Å²) < 4.78 is 68.0. The first-order valence-corrected chi connectivity index (χ1v) is 8.29. The maximum absolute atomic E-state index is 14.0. The van der Waals surface area contributed by atoms with E-state index in [4.69, 9.17) is 0 Å². The van der Waals surface area contributed by atoms with Gasteiger partial charge in [0.15, 0.2) is 23.3 Å². The van der Waals surface area contributed by atoms with Crippen molar-refractivity contribution in [3.05, 3.63) is 101 Å². The van der Waals surface area contributed by atoms with Crippen molar-refractivity contribution in [2.45, 2.75) is 13.0 Å². The van der Waals surface area contributed by atoms with Crippen molar-refractivity contribution in [1.29, 1.82) is 0 Å². The van der Waals surface area contributed by atoms with E-state index in [-0.39, 0.29) is 6.54 Å². The first-order valence-electron chi connectivity index (χ1n) is 8.29. The number of rotatable bonds is 5. The molecule has 2 nitrogen and oxygen atoms in total. The second kappa shape index (κ2) is 8.21. The predicted molar refractivity (Wildman–Crippen MR) is 94.0 cm³/mol. The molecule has 28 heavy (non-hydrogen) atoms. The van der Waals surface area contributed by atoms with E-state index in [1.54, 1.807) is 60.7 Å². The number of hydrogen-bond donors (Lipinski definition) is 0. The van der Waals surface area contributed by atoms with Gasteiger partial charge in [0.2, 0.25) is 11.7 Å². The molecule has 3 aromatic carbocycles. The molecular formula is C21H14F5NO. The molecule has 0 fully saturated rings. The van der Waals surface area contributed by atoms with Crippen LogP contribution in [0.15, 0.2) is 60.7 Å². The molecular weight excluding hydrogens is 377 g/mol. The SMILES string of the molecule is O=C(Cc1c(F)c(F)c(F)c(F)c1F)N(Cc1ccccc1)c1ccccc1. The Morgan fingerprint density at radius 2 is 1.14 bits per heavy atom. The fraction of sp³-hybridized carbons (Fsp3) is 0.0952. The first-order chi connectivity index (χ1) is 13.4. The van der Waals surface area contributed by atoms with Crippen molar-refractivity contribution in [3.63, 3.8) is 0 Å². The van der Waals surface area contributed by atoms with Gasteiger partial charge in [-0.05, 0) is 17.7 Å². The Labute approximate surface area is 157 Å². The minimum absolute atomic E-state index is 0.0685. The number of nitrogens with zero attached hydrogens (tertiary/aromatic N) is 1. The topological polar surface area (TPSA) is 20.3 Å². The molecule has 1 amide bonds. The third-order valence-electron chi connectivity index (χ3n) is 4.18. The van der Waals surface area contributed by atoms with Crippen LogP contribution in [0.3, 0.4) is 0 Å². The van der Waals surface area contributed by atoms with Gasteiger partial charge in [-0.25, -0.2) is 22.0 Å². The predicted octanol–water partition coefficient (Wildman–Crippen LogP) is 5.16. The van der Waals surface area contributed by atoms with Crippen molar-refractivity contribution in [2.75, 3.05) is 4.90 Å². The van der Waals surface area contributed by atoms with Crippen molar-refractivity contribution in [3.8, 4) is 0 Å². The van der Waals surface area contributed by atoms with Crippen molar-refractivity contribution in [1.82, 2.24) is 0 Å². The summed E-state index contributed by atoms with van der Waals surface area (Å²) in [5, 5.41) is 0. The Balaban J connectivity index is 1.97. The van der Waals surface area contributed by atoms with Crippen LogP contribution in [0.4, 0.5) is 27.6 Å². The largest absolute Gasteiger partial charge is 0.308 e. The molecule has 0 aliphatic heterocycles. The van der Waals surface area contributed by atoms with Crippen LogP contribution in [0.1, 0.15) is 11.1 Å². The number of halogens is 5. The van der Waals surface area contributed by atoms with Crippen LogP contribution in [0.2, 0.25) is 0 Å². The summed E-state index contributed by atoms with van der Waals surface area (Å²) in [5.74, 6) is -11.2. The van der Waals surface area contributed by atoms with E-state index < -0.39 is 47.0 Å². The van der Waals surface area contributed by atoms with Crippen LogP contribution < -0.4 is 4.90 Å². The molecule has 144 valence electrons. The van der Waals surface area contributed by atoms with Crippen molar-refractivity contribution < 1.29 is 26.7 Å². The average molecular weight is 391 g/mol. The zero-order valence-electron chi connectivity index (χ0n) is 14.4. The fourth-order valence-corrected chi connectivity index (χ4v) is 2.75. The molecule has 0 saturated carbocycles. The Morgan fingerprint density at radius 3 is 1.68 bits per heavy atom. The molecule has 3 aromatic rings. The van der Waals surface area contributed by atoms with E-state index in [2.05, 4.69) is 0 Å². The lowest BCUT2D eigenvalue weighted by atomic mass is 10.1. The van der Waals surface area contributed by atoms with E-state index >= 15 is 0 Å². The lowest BCUT2D eigenvalue weighted by molar-refractivity contribution is -0.118. The summed E-state index contributed by atoms with van der Waals surface area (Å²) in [5.41, 5.74) is 0.00716. The highest BCUT2D eigenvalue weighted by Gasteiger charge is 2.28. The first kappa shape index (κ1) is 19.5. The maximum Gasteiger partial charge on any atom is 0.231 e. The minimum Gasteiger partial charge on any atom is -0.308 e. The Morgan fingerprint density at radius 1 is 0.679 bits per heavy atom. The highest BCUT2D eigenvalue weighted by Crippen LogP contribution is 2.25. The molecule has 3 rings (SSSR count). The highest BCUT2D eigenvalue weighted by atomic mass is 19.2. The van der Waals surface area contributed by atoms with Gasteiger partial charge in [0.05, 0.1) is 13.0 Å². The van der Waals surface area contributed by atoms with Crippen LogP contribution in [-0.4, -0.2) is 5.91 Å². The number of amides is 1. The van der Waals surface area contributed by atoms with Crippen LogP contribution in [0, 0.1) is 29.1 Å². The van der Waals surface area contributed by atoms with E-state index in [9.17, 15) is 26.7 Å². The van der Waals surface area contributed by atoms with Crippen molar-refractivity contribution in [2.24, 2.45) is 0 Å². The molecule has 0 saturated heterocycles. The summed E-state index contributed by atoms with van der Waals surface area (Å²) >= 11 is 0. The number of anilines is 1. The second-order valence-electron chi connectivity index (χ2n) is 6.03. The van der Waals surface area contributed by atoms with Gasteiger partial charge < -0.3 is 4.90 Å². The van der Waals surface area contributed by atoms with Crippen LogP contribution in [0.25, 0.3) is 0 Å². The van der Waals surface area contributed by atoms with Gasteiger partial charge >= 0.3 is 0 Å². The molecule has 0 aromatic heterocycles. The monoisotopic (exact) mass is 391 g/mol. The third-order valence-corrected chi connectivity index (χ3v) is 4.18. The number of hydrogen-bond acceptors (Lipinski definition) is 1. The normalized spacial score (nSPS) is 10.8. The summed E-state index contributed by atoms with van der Waals surface area (Å²) in [7, 11) is 0. The van der Waals surface area contributed by atoms with Gasteiger partial charge in [0.25, 0.3) is 0 Å². The highest BCUT2D eigenvalue weighted by molar-refractivity contribution is 5.94. The van der Waals surface area contributed by atoms with Gasteiger partial charge in [-0.15, -0.1) is 0 Å². The fourth-order valence-electron chi connectivity index (χ4n) is 2.75. The van der Waals surface area contributed by atoms with Gasteiger partial charge in [-0.3, -0.25) is 4.79 Å². The molecule has 7 heteroatoms.